The molecule has 0 radical (unpaired) electrons. The molecule has 10 heteroatoms. The number of nitrogens with zero attached hydrogens (tertiary/aromatic N) is 3. The van der Waals surface area contributed by atoms with E-state index in [1.807, 2.05) is 4.72 Å². The topological polar surface area (TPSA) is 107 Å². The van der Waals surface area contributed by atoms with E-state index in [1.54, 1.807) is 6.07 Å². The van der Waals surface area contributed by atoms with Gasteiger partial charge in [0.05, 0.1) is 6.20 Å². The Morgan fingerprint density at radius 3 is 2.82 bits per heavy atom. The summed E-state index contributed by atoms with van der Waals surface area (Å²) >= 11 is 5.83. The fraction of sp³-hybridized carbons (Fsp3) is 0.0833. The maximum absolute atomic E-state index is 12.1. The van der Waals surface area contributed by atoms with Crippen LogP contribution in [0.3, 0.4) is 0 Å². The maximum atomic E-state index is 12.1. The van der Waals surface area contributed by atoms with Gasteiger partial charge in [-0.1, -0.05) is 11.6 Å². The highest BCUT2D eigenvalue weighted by molar-refractivity contribution is 7.90. The SMILES string of the molecule is Cn1ncc(S(=O)(=O)NC(=O)c2cc3cnccc3o2)c1Cl. The van der Waals surface area contributed by atoms with Crippen molar-refractivity contribution in [3.8, 4) is 0 Å². The Balaban J connectivity index is 1.91. The highest BCUT2D eigenvalue weighted by Crippen LogP contribution is 2.21. The molecule has 0 spiro atoms. The second kappa shape index (κ2) is 5.11. The van der Waals surface area contributed by atoms with Gasteiger partial charge in [0.25, 0.3) is 10.0 Å². The zero-order chi connectivity index (χ0) is 15.9. The van der Waals surface area contributed by atoms with Crippen molar-refractivity contribution in [3.05, 3.63) is 41.6 Å². The van der Waals surface area contributed by atoms with Crippen LogP contribution in [0.5, 0.6) is 0 Å². The first kappa shape index (κ1) is 14.5. The van der Waals surface area contributed by atoms with E-state index in [9.17, 15) is 13.2 Å². The summed E-state index contributed by atoms with van der Waals surface area (Å²) in [5, 5.41) is 4.20. The quantitative estimate of drug-likeness (QED) is 0.770. The van der Waals surface area contributed by atoms with Gasteiger partial charge in [0.1, 0.15) is 15.6 Å². The molecule has 0 saturated heterocycles. The number of nitrogens with one attached hydrogen (secondary N) is 1. The van der Waals surface area contributed by atoms with Crippen LogP contribution >= 0.6 is 11.6 Å². The second-order valence-electron chi connectivity index (χ2n) is 4.38. The smallest absolute Gasteiger partial charge is 0.300 e. The molecule has 3 aromatic heterocycles. The summed E-state index contributed by atoms with van der Waals surface area (Å²) in [5.41, 5.74) is 0.428. The van der Waals surface area contributed by atoms with Gasteiger partial charge in [0, 0.05) is 24.8 Å². The van der Waals surface area contributed by atoms with Crippen molar-refractivity contribution in [2.24, 2.45) is 7.05 Å². The monoisotopic (exact) mass is 340 g/mol. The van der Waals surface area contributed by atoms with Crippen LogP contribution in [0.25, 0.3) is 11.0 Å². The number of fused-ring (bicyclic) bond motifs is 1. The molecule has 0 aliphatic rings. The number of halogens is 1. The third-order valence-corrected chi connectivity index (χ3v) is 4.78. The van der Waals surface area contributed by atoms with Crippen LogP contribution in [0.1, 0.15) is 10.6 Å². The summed E-state index contributed by atoms with van der Waals surface area (Å²) in [5.74, 6) is -1.05. The molecule has 114 valence electrons. The van der Waals surface area contributed by atoms with Crippen LogP contribution in [0.2, 0.25) is 5.15 Å². The van der Waals surface area contributed by atoms with E-state index >= 15 is 0 Å². The van der Waals surface area contributed by atoms with E-state index in [0.29, 0.717) is 11.0 Å². The molecule has 22 heavy (non-hydrogen) atoms. The summed E-state index contributed by atoms with van der Waals surface area (Å²) < 4.78 is 32.6. The van der Waals surface area contributed by atoms with Gasteiger partial charge in [-0.15, -0.1) is 0 Å². The van der Waals surface area contributed by atoms with E-state index in [-0.39, 0.29) is 15.8 Å². The van der Waals surface area contributed by atoms with Crippen LogP contribution in [-0.4, -0.2) is 29.1 Å². The normalized spacial score (nSPS) is 11.7. The third-order valence-electron chi connectivity index (χ3n) is 2.89. The van der Waals surface area contributed by atoms with Gasteiger partial charge in [0.2, 0.25) is 0 Å². The van der Waals surface area contributed by atoms with Gasteiger partial charge in [-0.2, -0.15) is 5.10 Å². The largest absolute Gasteiger partial charge is 0.451 e. The Kier molecular flexibility index (Phi) is 3.38. The average Bonchev–Trinajstić information content (AvgIpc) is 3.03. The van der Waals surface area contributed by atoms with Gasteiger partial charge in [-0.25, -0.2) is 13.1 Å². The van der Waals surface area contributed by atoms with Crippen molar-refractivity contribution in [1.82, 2.24) is 19.5 Å². The van der Waals surface area contributed by atoms with E-state index in [0.717, 1.165) is 6.20 Å². The standard InChI is InChI=1S/C12H9ClN4O4S/c1-17-11(13)10(6-15-17)22(19,20)16-12(18)9-4-7-5-14-3-2-8(7)21-9/h2-6H,1H3,(H,16,18). The number of furan rings is 1. The molecule has 0 aliphatic heterocycles. The average molecular weight is 341 g/mol. The van der Waals surface area contributed by atoms with Crippen molar-refractivity contribution >= 4 is 38.5 Å². The number of pyridine rings is 1. The minimum Gasteiger partial charge on any atom is -0.451 e. The van der Waals surface area contributed by atoms with Crippen LogP contribution in [0.4, 0.5) is 0 Å². The Labute approximate surface area is 129 Å². The minimum absolute atomic E-state index is 0.103. The summed E-state index contributed by atoms with van der Waals surface area (Å²) in [7, 11) is -2.66. The summed E-state index contributed by atoms with van der Waals surface area (Å²) in [6.07, 6.45) is 4.06. The molecule has 0 unspecified atom stereocenters. The molecule has 0 bridgehead atoms. The second-order valence-corrected chi connectivity index (χ2v) is 6.39. The van der Waals surface area contributed by atoms with Crippen LogP contribution < -0.4 is 4.72 Å². The van der Waals surface area contributed by atoms with Crippen molar-refractivity contribution in [2.75, 3.05) is 0 Å². The van der Waals surface area contributed by atoms with Gasteiger partial charge in [-0.05, 0) is 12.1 Å². The molecule has 0 aromatic carbocycles. The van der Waals surface area contributed by atoms with Crippen molar-refractivity contribution in [1.29, 1.82) is 0 Å². The Bertz CT molecular complexity index is 943. The lowest BCUT2D eigenvalue weighted by Gasteiger charge is -2.03. The number of rotatable bonds is 3. The molecular weight excluding hydrogens is 332 g/mol. The predicted octanol–water partition coefficient (Wildman–Crippen LogP) is 1.33. The van der Waals surface area contributed by atoms with Crippen LogP contribution in [-0.2, 0) is 17.1 Å². The molecule has 3 aromatic rings. The van der Waals surface area contributed by atoms with E-state index < -0.39 is 15.9 Å². The summed E-state index contributed by atoms with van der Waals surface area (Å²) in [6.45, 7) is 0. The first-order chi connectivity index (χ1) is 10.4. The lowest BCUT2D eigenvalue weighted by molar-refractivity contribution is 0.0956. The number of aryl methyl sites for hydroxylation is 1. The molecule has 3 rings (SSSR count). The Morgan fingerprint density at radius 1 is 1.41 bits per heavy atom. The first-order valence-corrected chi connectivity index (χ1v) is 7.83. The Hall–Kier alpha value is -2.39. The predicted molar refractivity (Wildman–Crippen MR) is 76.9 cm³/mol. The number of carbonyl (C=O) groups is 1. The van der Waals surface area contributed by atoms with Crippen molar-refractivity contribution in [2.45, 2.75) is 4.90 Å². The zero-order valence-corrected chi connectivity index (χ0v) is 12.7. The molecule has 1 amide bonds. The molecule has 1 N–H and O–H groups in total. The molecule has 8 nitrogen and oxygen atoms in total. The minimum atomic E-state index is -4.15. The lowest BCUT2D eigenvalue weighted by atomic mass is 10.3. The molecule has 3 heterocycles. The number of sulfonamides is 1. The fourth-order valence-corrected chi connectivity index (χ4v) is 3.20. The van der Waals surface area contributed by atoms with Gasteiger partial charge in [-0.3, -0.25) is 14.5 Å². The first-order valence-electron chi connectivity index (χ1n) is 5.97. The van der Waals surface area contributed by atoms with Gasteiger partial charge < -0.3 is 4.42 Å². The zero-order valence-electron chi connectivity index (χ0n) is 11.1. The fourth-order valence-electron chi connectivity index (χ4n) is 1.81. The molecule has 0 saturated carbocycles. The summed E-state index contributed by atoms with van der Waals surface area (Å²) in [4.78, 5) is 15.6. The highest BCUT2D eigenvalue weighted by Gasteiger charge is 2.25. The maximum Gasteiger partial charge on any atom is 0.300 e. The molecule has 0 fully saturated rings. The number of amides is 1. The van der Waals surface area contributed by atoms with E-state index in [4.69, 9.17) is 16.0 Å². The van der Waals surface area contributed by atoms with E-state index in [1.165, 1.54) is 30.2 Å². The number of hydrogen-bond donors (Lipinski definition) is 1. The molecular formula is C12H9ClN4O4S. The van der Waals surface area contributed by atoms with E-state index in [2.05, 4.69) is 10.1 Å². The van der Waals surface area contributed by atoms with Crippen molar-refractivity contribution in [3.63, 3.8) is 0 Å². The Morgan fingerprint density at radius 2 is 2.18 bits per heavy atom. The number of carbonyl (C=O) groups excluding carboxylic acids is 1. The lowest BCUT2D eigenvalue weighted by Crippen LogP contribution is -2.30. The van der Waals surface area contributed by atoms with Crippen molar-refractivity contribution < 1.29 is 17.6 Å². The highest BCUT2D eigenvalue weighted by atomic mass is 35.5. The van der Waals surface area contributed by atoms with Crippen LogP contribution in [0.15, 0.2) is 40.0 Å². The third kappa shape index (κ3) is 2.44. The molecule has 0 aliphatic carbocycles. The van der Waals surface area contributed by atoms with Crippen LogP contribution in [0, 0.1) is 0 Å². The molecule has 0 atom stereocenters. The van der Waals surface area contributed by atoms with Gasteiger partial charge in [0.15, 0.2) is 5.76 Å². The number of hydrogen-bond acceptors (Lipinski definition) is 6. The summed E-state index contributed by atoms with van der Waals surface area (Å²) in [6, 6.07) is 2.97. The number of aromatic nitrogens is 3. The van der Waals surface area contributed by atoms with Gasteiger partial charge >= 0.3 is 5.91 Å².